The molecule has 0 bridgehead atoms. The molecule has 1 heterocycles. The zero-order valence-corrected chi connectivity index (χ0v) is 19.9. The summed E-state index contributed by atoms with van der Waals surface area (Å²) in [6.07, 6.45) is -2.90. The van der Waals surface area contributed by atoms with E-state index >= 15 is 0 Å². The molecule has 0 radical (unpaired) electrons. The fourth-order valence-corrected chi connectivity index (χ4v) is 3.87. The standard InChI is InChI=1S/C26H23ClF3N5O/c27-23-12-11-21(26(28,29)30)13-24(23)31-25(36)18-35-17-22(32-33-35)16-34(14-19-7-3-1-4-8-19)15-20-9-5-2-6-10-20/h1-13,17H,14-16,18H2,(H,31,36). The summed E-state index contributed by atoms with van der Waals surface area (Å²) in [4.78, 5) is 14.7. The Kier molecular flexibility index (Phi) is 8.02. The smallest absolute Gasteiger partial charge is 0.323 e. The first-order valence-corrected chi connectivity index (χ1v) is 11.5. The van der Waals surface area contributed by atoms with Gasteiger partial charge in [-0.15, -0.1) is 5.10 Å². The van der Waals surface area contributed by atoms with Crippen LogP contribution in [0, 0.1) is 0 Å². The van der Waals surface area contributed by atoms with Gasteiger partial charge in [0.1, 0.15) is 6.54 Å². The van der Waals surface area contributed by atoms with Crippen LogP contribution >= 0.6 is 11.6 Å². The molecule has 6 nitrogen and oxygen atoms in total. The van der Waals surface area contributed by atoms with Gasteiger partial charge in [-0.2, -0.15) is 13.2 Å². The van der Waals surface area contributed by atoms with Crippen molar-refractivity contribution >= 4 is 23.2 Å². The highest BCUT2D eigenvalue weighted by atomic mass is 35.5. The van der Waals surface area contributed by atoms with Gasteiger partial charge >= 0.3 is 6.18 Å². The maximum Gasteiger partial charge on any atom is 0.416 e. The molecule has 0 saturated heterocycles. The van der Waals surface area contributed by atoms with Gasteiger partial charge in [0.2, 0.25) is 5.91 Å². The van der Waals surface area contributed by atoms with Gasteiger partial charge in [-0.25, -0.2) is 4.68 Å². The first-order chi connectivity index (χ1) is 17.3. The van der Waals surface area contributed by atoms with Crippen molar-refractivity contribution in [3.63, 3.8) is 0 Å². The lowest BCUT2D eigenvalue weighted by Gasteiger charge is -2.21. The van der Waals surface area contributed by atoms with Crippen molar-refractivity contribution in [3.8, 4) is 0 Å². The van der Waals surface area contributed by atoms with E-state index in [0.29, 0.717) is 25.3 Å². The van der Waals surface area contributed by atoms with Crippen LogP contribution < -0.4 is 5.32 Å². The van der Waals surface area contributed by atoms with E-state index in [2.05, 4.69) is 44.8 Å². The first kappa shape index (κ1) is 25.4. The Morgan fingerprint density at radius 2 is 1.53 bits per heavy atom. The molecular formula is C26H23ClF3N5O. The van der Waals surface area contributed by atoms with Gasteiger partial charge in [-0.1, -0.05) is 77.5 Å². The molecule has 1 amide bonds. The average Bonchev–Trinajstić information content (AvgIpc) is 3.27. The largest absolute Gasteiger partial charge is 0.416 e. The summed E-state index contributed by atoms with van der Waals surface area (Å²) >= 11 is 5.97. The normalized spacial score (nSPS) is 11.6. The van der Waals surface area contributed by atoms with Crippen LogP contribution in [-0.2, 0) is 37.1 Å². The Bertz CT molecular complexity index is 1250. The second kappa shape index (κ2) is 11.4. The van der Waals surface area contributed by atoms with Gasteiger partial charge in [0.15, 0.2) is 0 Å². The Hall–Kier alpha value is -3.69. The number of nitrogens with zero attached hydrogens (tertiary/aromatic N) is 4. The molecule has 0 fully saturated rings. The summed E-state index contributed by atoms with van der Waals surface area (Å²) < 4.78 is 40.3. The third-order valence-electron chi connectivity index (χ3n) is 5.34. The van der Waals surface area contributed by atoms with E-state index in [1.165, 1.54) is 4.68 Å². The van der Waals surface area contributed by atoms with E-state index in [1.54, 1.807) is 6.20 Å². The lowest BCUT2D eigenvalue weighted by atomic mass is 10.1. The molecule has 0 aliphatic rings. The van der Waals surface area contributed by atoms with Crippen LogP contribution in [0.2, 0.25) is 5.02 Å². The predicted molar refractivity (Wildman–Crippen MR) is 131 cm³/mol. The molecule has 10 heteroatoms. The highest BCUT2D eigenvalue weighted by Crippen LogP contribution is 2.33. The van der Waals surface area contributed by atoms with Crippen LogP contribution in [0.4, 0.5) is 18.9 Å². The zero-order chi connectivity index (χ0) is 25.5. The number of aromatic nitrogens is 3. The van der Waals surface area contributed by atoms with E-state index in [0.717, 1.165) is 29.3 Å². The molecule has 36 heavy (non-hydrogen) atoms. The monoisotopic (exact) mass is 513 g/mol. The predicted octanol–water partition coefficient (Wildman–Crippen LogP) is 5.79. The minimum Gasteiger partial charge on any atom is -0.323 e. The van der Waals surface area contributed by atoms with Crippen molar-refractivity contribution in [3.05, 3.63) is 112 Å². The topological polar surface area (TPSA) is 63.1 Å². The third-order valence-corrected chi connectivity index (χ3v) is 5.67. The van der Waals surface area contributed by atoms with E-state index in [-0.39, 0.29) is 17.3 Å². The third kappa shape index (κ3) is 7.16. The van der Waals surface area contributed by atoms with Gasteiger partial charge in [-0.3, -0.25) is 9.69 Å². The summed E-state index contributed by atoms with van der Waals surface area (Å²) in [7, 11) is 0. The number of rotatable bonds is 9. The molecule has 186 valence electrons. The molecule has 0 saturated carbocycles. The minimum atomic E-state index is -4.55. The Morgan fingerprint density at radius 3 is 2.11 bits per heavy atom. The lowest BCUT2D eigenvalue weighted by molar-refractivity contribution is -0.137. The molecule has 0 aliphatic carbocycles. The van der Waals surface area contributed by atoms with Crippen molar-refractivity contribution in [1.82, 2.24) is 19.9 Å². The number of halogens is 4. The first-order valence-electron chi connectivity index (χ1n) is 11.1. The van der Waals surface area contributed by atoms with Crippen LogP contribution in [0.5, 0.6) is 0 Å². The van der Waals surface area contributed by atoms with Gasteiger partial charge in [-0.05, 0) is 29.3 Å². The highest BCUT2D eigenvalue weighted by Gasteiger charge is 2.31. The van der Waals surface area contributed by atoms with Crippen LogP contribution in [0.1, 0.15) is 22.4 Å². The van der Waals surface area contributed by atoms with Crippen LogP contribution in [0.3, 0.4) is 0 Å². The van der Waals surface area contributed by atoms with Crippen LogP contribution in [0.25, 0.3) is 0 Å². The Balaban J connectivity index is 1.42. The number of alkyl halides is 3. The summed E-state index contributed by atoms with van der Waals surface area (Å²) in [6, 6.07) is 22.9. The number of carbonyl (C=O) groups is 1. The number of nitrogens with one attached hydrogen (secondary N) is 1. The van der Waals surface area contributed by atoms with Crippen molar-refractivity contribution in [2.45, 2.75) is 32.4 Å². The fraction of sp³-hybridized carbons (Fsp3) is 0.192. The summed E-state index contributed by atoms with van der Waals surface area (Å²) in [5.41, 5.74) is 1.94. The van der Waals surface area contributed by atoms with E-state index < -0.39 is 17.6 Å². The van der Waals surface area contributed by atoms with Crippen molar-refractivity contribution in [1.29, 1.82) is 0 Å². The van der Waals surface area contributed by atoms with Gasteiger partial charge in [0.05, 0.1) is 28.2 Å². The lowest BCUT2D eigenvalue weighted by Crippen LogP contribution is -2.22. The second-order valence-electron chi connectivity index (χ2n) is 8.26. The number of amides is 1. The number of hydrogen-bond donors (Lipinski definition) is 1. The summed E-state index contributed by atoms with van der Waals surface area (Å²) in [6.45, 7) is 1.65. The van der Waals surface area contributed by atoms with Crippen molar-refractivity contribution in [2.75, 3.05) is 5.32 Å². The number of hydrogen-bond acceptors (Lipinski definition) is 4. The van der Waals surface area contributed by atoms with Gasteiger partial charge in [0.25, 0.3) is 0 Å². The van der Waals surface area contributed by atoms with E-state index in [9.17, 15) is 18.0 Å². The fourth-order valence-electron chi connectivity index (χ4n) is 3.70. The van der Waals surface area contributed by atoms with E-state index in [4.69, 9.17) is 11.6 Å². The van der Waals surface area contributed by atoms with Crippen molar-refractivity contribution in [2.24, 2.45) is 0 Å². The number of anilines is 1. The summed E-state index contributed by atoms with van der Waals surface area (Å²) in [5, 5.41) is 10.6. The SMILES string of the molecule is O=C(Cn1cc(CN(Cc2ccccc2)Cc2ccccc2)nn1)Nc1cc(C(F)(F)F)ccc1Cl. The van der Waals surface area contributed by atoms with Crippen LogP contribution in [-0.4, -0.2) is 25.8 Å². The Morgan fingerprint density at radius 1 is 0.917 bits per heavy atom. The average molecular weight is 514 g/mol. The van der Waals surface area contributed by atoms with E-state index in [1.807, 2.05) is 36.4 Å². The zero-order valence-electron chi connectivity index (χ0n) is 19.1. The quantitative estimate of drug-likeness (QED) is 0.308. The van der Waals surface area contributed by atoms with Gasteiger partial charge in [0, 0.05) is 19.6 Å². The molecule has 3 aromatic carbocycles. The second-order valence-corrected chi connectivity index (χ2v) is 8.67. The maximum atomic E-state index is 13.0. The van der Waals surface area contributed by atoms with Crippen molar-refractivity contribution < 1.29 is 18.0 Å². The number of benzene rings is 3. The summed E-state index contributed by atoms with van der Waals surface area (Å²) in [5.74, 6) is -0.571. The molecule has 4 rings (SSSR count). The molecule has 0 spiro atoms. The van der Waals surface area contributed by atoms with Gasteiger partial charge < -0.3 is 5.32 Å². The Labute approximate surface area is 211 Å². The molecule has 4 aromatic rings. The molecule has 0 unspecified atom stereocenters. The van der Waals surface area contributed by atoms with Crippen LogP contribution in [0.15, 0.2) is 85.1 Å². The molecule has 1 N–H and O–H groups in total. The molecular weight excluding hydrogens is 491 g/mol. The highest BCUT2D eigenvalue weighted by molar-refractivity contribution is 6.33. The molecule has 0 atom stereocenters. The maximum absolute atomic E-state index is 13.0. The minimum absolute atomic E-state index is 0.00750. The number of carbonyl (C=O) groups excluding carboxylic acids is 1. The molecule has 1 aromatic heterocycles. The molecule has 0 aliphatic heterocycles.